The molecule has 3 atom stereocenters. The highest BCUT2D eigenvalue weighted by Crippen LogP contribution is 2.24. The van der Waals surface area contributed by atoms with E-state index < -0.39 is 23.2 Å². The smallest absolute Gasteiger partial charge is 0.410 e. The Labute approximate surface area is 214 Å². The third-order valence-corrected chi connectivity index (χ3v) is 6.35. The lowest BCUT2D eigenvalue weighted by molar-refractivity contribution is -0.118. The number of anilines is 1. The predicted octanol–water partition coefficient (Wildman–Crippen LogP) is 4.96. The molecule has 0 radical (unpaired) electrons. The molecule has 1 fully saturated rings. The molecule has 0 bridgehead atoms. The maximum atomic E-state index is 13.0. The fourth-order valence-electron chi connectivity index (χ4n) is 3.55. The Morgan fingerprint density at radius 1 is 1.23 bits per heavy atom. The highest BCUT2D eigenvalue weighted by atomic mass is 35.5. The summed E-state index contributed by atoms with van der Waals surface area (Å²) >= 11 is 6.96. The third kappa shape index (κ3) is 7.88. The molecule has 2 unspecified atom stereocenters. The van der Waals surface area contributed by atoms with E-state index in [0.717, 1.165) is 17.3 Å². The van der Waals surface area contributed by atoms with Crippen molar-refractivity contribution in [3.8, 4) is 0 Å². The van der Waals surface area contributed by atoms with Crippen LogP contribution in [-0.2, 0) is 16.0 Å². The Bertz CT molecular complexity index is 1070. The first-order valence-electron chi connectivity index (χ1n) is 11.2. The van der Waals surface area contributed by atoms with Crippen LogP contribution in [0.15, 0.2) is 48.5 Å². The first-order valence-corrected chi connectivity index (χ1v) is 12.5. The van der Waals surface area contributed by atoms with Crippen molar-refractivity contribution in [1.82, 2.24) is 10.2 Å². The molecule has 8 nitrogen and oxygen atoms in total. The predicted molar refractivity (Wildman–Crippen MR) is 138 cm³/mol. The summed E-state index contributed by atoms with van der Waals surface area (Å²) in [6.07, 6.45) is -0.940. The summed E-state index contributed by atoms with van der Waals surface area (Å²) in [5, 5.41) is 15.5. The summed E-state index contributed by atoms with van der Waals surface area (Å²) < 4.78 is 5.60. The van der Waals surface area contributed by atoms with Crippen molar-refractivity contribution in [2.45, 2.75) is 57.2 Å². The van der Waals surface area contributed by atoms with Crippen LogP contribution in [0.2, 0.25) is 5.02 Å². The molecule has 3 amide bonds. The average molecular weight is 520 g/mol. The van der Waals surface area contributed by atoms with Gasteiger partial charge in [0.25, 0.3) is 11.1 Å². The Hall–Kier alpha value is -2.75. The summed E-state index contributed by atoms with van der Waals surface area (Å²) in [7, 11) is 0. The summed E-state index contributed by atoms with van der Waals surface area (Å²) in [4.78, 5) is 37.6. The number of rotatable bonds is 8. The number of aliphatic hydroxyl groups is 1. The van der Waals surface area contributed by atoms with Crippen molar-refractivity contribution in [2.24, 2.45) is 0 Å². The number of hydrogen-bond acceptors (Lipinski definition) is 7. The first-order chi connectivity index (χ1) is 16.4. The molecule has 0 aromatic heterocycles. The maximum absolute atomic E-state index is 13.0. The molecule has 2 aromatic carbocycles. The topological polar surface area (TPSA) is 108 Å². The molecule has 1 aliphatic heterocycles. The highest BCUT2D eigenvalue weighted by Gasteiger charge is 2.31. The van der Waals surface area contributed by atoms with Crippen LogP contribution in [0.5, 0.6) is 0 Å². The van der Waals surface area contributed by atoms with Gasteiger partial charge in [-0.25, -0.2) is 4.79 Å². The zero-order chi connectivity index (χ0) is 25.8. The van der Waals surface area contributed by atoms with Gasteiger partial charge in [0.05, 0.1) is 12.6 Å². The number of benzene rings is 2. The normalized spacial score (nSPS) is 17.5. The summed E-state index contributed by atoms with van der Waals surface area (Å²) in [6, 6.07) is 14.0. The van der Waals surface area contributed by atoms with Gasteiger partial charge in [-0.05, 0) is 81.3 Å². The van der Waals surface area contributed by atoms with Crippen LogP contribution in [0.25, 0.3) is 0 Å². The van der Waals surface area contributed by atoms with E-state index in [-0.39, 0.29) is 23.7 Å². The van der Waals surface area contributed by atoms with Gasteiger partial charge in [0, 0.05) is 16.8 Å². The lowest BCUT2D eigenvalue weighted by Crippen LogP contribution is -2.45. The number of imide groups is 1. The van der Waals surface area contributed by atoms with Crippen LogP contribution in [0.3, 0.4) is 0 Å². The van der Waals surface area contributed by atoms with E-state index in [2.05, 4.69) is 10.6 Å². The third-order valence-electron chi connectivity index (χ3n) is 5.23. The Morgan fingerprint density at radius 3 is 2.49 bits per heavy atom. The highest BCUT2D eigenvalue weighted by molar-refractivity contribution is 8.15. The van der Waals surface area contributed by atoms with Gasteiger partial charge in [0.2, 0.25) is 0 Å². The summed E-state index contributed by atoms with van der Waals surface area (Å²) in [5.41, 5.74) is 1.58. The zero-order valence-corrected chi connectivity index (χ0v) is 21.7. The van der Waals surface area contributed by atoms with Crippen molar-refractivity contribution in [3.63, 3.8) is 0 Å². The van der Waals surface area contributed by atoms with Gasteiger partial charge < -0.3 is 20.1 Å². The largest absolute Gasteiger partial charge is 0.444 e. The maximum Gasteiger partial charge on any atom is 0.410 e. The lowest BCUT2D eigenvalue weighted by atomic mass is 10.0. The fourth-order valence-corrected chi connectivity index (χ4v) is 4.48. The molecule has 1 aliphatic rings. The number of carbonyl (C=O) groups is 3. The minimum Gasteiger partial charge on any atom is -0.444 e. The SMILES string of the molecule is CC(Cc1ccc(NC2SC(=O)NC2=O)cc1)N(C[C@H](O)c1cccc(Cl)c1)C(=O)OC(C)(C)C. The van der Waals surface area contributed by atoms with Crippen LogP contribution >= 0.6 is 23.4 Å². The van der Waals surface area contributed by atoms with Crippen molar-refractivity contribution in [2.75, 3.05) is 11.9 Å². The van der Waals surface area contributed by atoms with Gasteiger partial charge in [0.15, 0.2) is 5.37 Å². The molecular formula is C25H30ClN3O5S. The monoisotopic (exact) mass is 519 g/mol. The molecule has 2 aromatic rings. The first kappa shape index (κ1) is 26.8. The van der Waals surface area contributed by atoms with Crippen molar-refractivity contribution in [3.05, 3.63) is 64.7 Å². The molecule has 0 spiro atoms. The standard InChI is InChI=1S/C25H30ClN3O5S/c1-15(12-16-8-10-19(11-9-16)27-22-21(31)28-23(32)35-22)29(24(33)34-25(2,3)4)14-20(30)17-6-5-7-18(26)13-17/h5-11,13,15,20,22,27,30H,12,14H2,1-4H3,(H,28,31,32)/t15?,20-,22?/m0/s1. The average Bonchev–Trinajstić information content (AvgIpc) is 3.08. The van der Waals surface area contributed by atoms with Crippen molar-refractivity contribution < 1.29 is 24.2 Å². The quantitative estimate of drug-likeness (QED) is 0.452. The lowest BCUT2D eigenvalue weighted by Gasteiger charge is -2.33. The number of aliphatic hydroxyl groups excluding tert-OH is 1. The molecule has 188 valence electrons. The van der Waals surface area contributed by atoms with Gasteiger partial charge >= 0.3 is 6.09 Å². The summed E-state index contributed by atoms with van der Waals surface area (Å²) in [6.45, 7) is 7.32. The number of nitrogens with one attached hydrogen (secondary N) is 2. The van der Waals surface area contributed by atoms with E-state index in [1.54, 1.807) is 45.0 Å². The van der Waals surface area contributed by atoms with Crippen LogP contribution in [0.4, 0.5) is 15.3 Å². The van der Waals surface area contributed by atoms with Crippen LogP contribution in [0, 0.1) is 0 Å². The molecule has 3 N–H and O–H groups in total. The van der Waals surface area contributed by atoms with Gasteiger partial charge in [-0.2, -0.15) is 0 Å². The molecule has 1 saturated heterocycles. The van der Waals surface area contributed by atoms with E-state index in [1.807, 2.05) is 31.2 Å². The molecule has 3 rings (SSSR count). The fraction of sp³-hybridized carbons (Fsp3) is 0.400. The number of nitrogens with zero attached hydrogens (tertiary/aromatic N) is 1. The van der Waals surface area contributed by atoms with Gasteiger partial charge in [0.1, 0.15) is 5.60 Å². The van der Waals surface area contributed by atoms with Gasteiger partial charge in [-0.15, -0.1) is 0 Å². The molecular weight excluding hydrogens is 490 g/mol. The van der Waals surface area contributed by atoms with E-state index in [0.29, 0.717) is 22.7 Å². The van der Waals surface area contributed by atoms with E-state index in [4.69, 9.17) is 16.3 Å². The second-order valence-corrected chi connectivity index (χ2v) is 10.9. The van der Waals surface area contributed by atoms with Crippen LogP contribution in [0.1, 0.15) is 44.9 Å². The molecule has 0 aliphatic carbocycles. The van der Waals surface area contributed by atoms with E-state index in [1.165, 1.54) is 4.90 Å². The second-order valence-electron chi connectivity index (χ2n) is 9.37. The summed E-state index contributed by atoms with van der Waals surface area (Å²) in [5.74, 6) is -0.371. The van der Waals surface area contributed by atoms with Crippen molar-refractivity contribution in [1.29, 1.82) is 0 Å². The molecule has 10 heteroatoms. The number of thioether (sulfide) groups is 1. The van der Waals surface area contributed by atoms with Crippen LogP contribution < -0.4 is 10.6 Å². The van der Waals surface area contributed by atoms with Gasteiger partial charge in [-0.1, -0.05) is 35.9 Å². The number of amides is 3. The van der Waals surface area contributed by atoms with E-state index in [9.17, 15) is 19.5 Å². The Balaban J connectivity index is 1.70. The minimum absolute atomic E-state index is 0.0398. The van der Waals surface area contributed by atoms with E-state index >= 15 is 0 Å². The Morgan fingerprint density at radius 2 is 1.91 bits per heavy atom. The second kappa shape index (κ2) is 11.3. The number of halogens is 1. The van der Waals surface area contributed by atoms with Gasteiger partial charge in [-0.3, -0.25) is 14.9 Å². The minimum atomic E-state index is -0.937. The molecule has 0 saturated carbocycles. The Kier molecular flexibility index (Phi) is 8.69. The number of hydrogen-bond donors (Lipinski definition) is 3. The molecule has 35 heavy (non-hydrogen) atoms. The molecule has 1 heterocycles. The zero-order valence-electron chi connectivity index (χ0n) is 20.1. The van der Waals surface area contributed by atoms with Crippen LogP contribution in [-0.4, -0.2) is 50.8 Å². The number of carbonyl (C=O) groups excluding carboxylic acids is 3. The van der Waals surface area contributed by atoms with Crippen molar-refractivity contribution >= 4 is 46.3 Å². The number of ether oxygens (including phenoxy) is 1.